The van der Waals surface area contributed by atoms with Crippen LogP contribution in [-0.4, -0.2) is 37.4 Å². The Kier molecular flexibility index (Phi) is 9.83. The first-order valence-corrected chi connectivity index (χ1v) is 9.15. The maximum absolute atomic E-state index is 13.2. The van der Waals surface area contributed by atoms with Crippen molar-refractivity contribution in [3.8, 4) is 0 Å². The van der Waals surface area contributed by atoms with E-state index in [0.29, 0.717) is 12.6 Å². The molecule has 0 unspecified atom stereocenters. The molecular formula is C18H21F4IN4OS. The van der Waals surface area contributed by atoms with Gasteiger partial charge in [-0.05, 0) is 29.1 Å². The third kappa shape index (κ3) is 8.17. The van der Waals surface area contributed by atoms with Gasteiger partial charge in [0.2, 0.25) is 5.91 Å². The highest BCUT2D eigenvalue weighted by atomic mass is 127. The average molecular weight is 544 g/mol. The zero-order valence-electron chi connectivity index (χ0n) is 15.7. The number of carbonyl (C=O) groups is 1. The van der Waals surface area contributed by atoms with E-state index in [1.165, 1.54) is 16.2 Å². The number of hydrogen-bond acceptors (Lipinski definition) is 3. The van der Waals surface area contributed by atoms with Crippen LogP contribution in [0.5, 0.6) is 0 Å². The average Bonchev–Trinajstić information content (AvgIpc) is 3.14. The van der Waals surface area contributed by atoms with Gasteiger partial charge in [-0.25, -0.2) is 9.38 Å². The van der Waals surface area contributed by atoms with Crippen molar-refractivity contribution in [3.05, 3.63) is 57.5 Å². The highest BCUT2D eigenvalue weighted by Crippen LogP contribution is 2.32. The first-order valence-electron chi connectivity index (χ1n) is 8.27. The van der Waals surface area contributed by atoms with Gasteiger partial charge in [0.25, 0.3) is 0 Å². The van der Waals surface area contributed by atoms with E-state index in [-0.39, 0.29) is 54.5 Å². The standard InChI is InChI=1S/C18H20F4N4OS.HI/c1-26(2)16(27)11-25-17(24-10-14-4-3-7-28-14)23-9-12-5-6-13(19)8-15(12)18(20,21)22;/h3-8H,9-11H2,1-2H3,(H2,23,24,25);1H. The van der Waals surface area contributed by atoms with E-state index in [1.54, 1.807) is 14.1 Å². The van der Waals surface area contributed by atoms with E-state index in [9.17, 15) is 22.4 Å². The van der Waals surface area contributed by atoms with E-state index >= 15 is 0 Å². The summed E-state index contributed by atoms with van der Waals surface area (Å²) in [5.74, 6) is -1.00. The van der Waals surface area contributed by atoms with Crippen molar-refractivity contribution in [2.45, 2.75) is 19.3 Å². The highest BCUT2D eigenvalue weighted by Gasteiger charge is 2.33. The largest absolute Gasteiger partial charge is 0.416 e. The Morgan fingerprint density at radius 3 is 2.52 bits per heavy atom. The van der Waals surface area contributed by atoms with Crippen molar-refractivity contribution in [1.82, 2.24) is 15.5 Å². The molecule has 0 fully saturated rings. The molecule has 0 spiro atoms. The van der Waals surface area contributed by atoms with Crippen LogP contribution in [0.25, 0.3) is 0 Å². The normalized spacial score (nSPS) is 11.6. The Hall–Kier alpha value is -1.89. The molecule has 0 bridgehead atoms. The molecule has 0 aliphatic carbocycles. The molecule has 1 aromatic carbocycles. The van der Waals surface area contributed by atoms with Gasteiger partial charge in [0.1, 0.15) is 5.82 Å². The summed E-state index contributed by atoms with van der Waals surface area (Å²) in [6, 6.07) is 6.23. The Labute approximate surface area is 187 Å². The van der Waals surface area contributed by atoms with E-state index < -0.39 is 17.6 Å². The van der Waals surface area contributed by atoms with Gasteiger partial charge in [0, 0.05) is 19.0 Å². The van der Waals surface area contributed by atoms with Gasteiger partial charge in [0.15, 0.2) is 5.96 Å². The summed E-state index contributed by atoms with van der Waals surface area (Å²) >= 11 is 1.51. The number of thiophene rings is 1. The van der Waals surface area contributed by atoms with Crippen molar-refractivity contribution in [1.29, 1.82) is 0 Å². The summed E-state index contributed by atoms with van der Waals surface area (Å²) < 4.78 is 52.6. The van der Waals surface area contributed by atoms with E-state index in [1.807, 2.05) is 17.5 Å². The van der Waals surface area contributed by atoms with Crippen LogP contribution in [0.4, 0.5) is 17.6 Å². The number of hydrogen-bond donors (Lipinski definition) is 2. The second-order valence-electron chi connectivity index (χ2n) is 6.04. The highest BCUT2D eigenvalue weighted by molar-refractivity contribution is 14.0. The van der Waals surface area contributed by atoms with Crippen LogP contribution in [0.2, 0.25) is 0 Å². The van der Waals surface area contributed by atoms with Crippen LogP contribution in [0, 0.1) is 5.82 Å². The Bertz CT molecular complexity index is 826. The van der Waals surface area contributed by atoms with Gasteiger partial charge in [-0.2, -0.15) is 13.2 Å². The van der Waals surface area contributed by atoms with Crippen molar-refractivity contribution in [2.75, 3.05) is 20.6 Å². The molecule has 0 saturated heterocycles. The van der Waals surface area contributed by atoms with Gasteiger partial charge in [-0.1, -0.05) is 12.1 Å². The van der Waals surface area contributed by atoms with Crippen LogP contribution < -0.4 is 10.6 Å². The lowest BCUT2D eigenvalue weighted by Gasteiger charge is -2.15. The number of halogens is 5. The topological polar surface area (TPSA) is 56.7 Å². The molecule has 2 rings (SSSR count). The smallest absolute Gasteiger partial charge is 0.351 e. The Morgan fingerprint density at radius 1 is 1.21 bits per heavy atom. The minimum absolute atomic E-state index is 0. The third-order valence-corrected chi connectivity index (χ3v) is 4.58. The molecule has 0 aliphatic heterocycles. The SMILES string of the molecule is CN(C)C(=O)CNC(=NCc1ccc(F)cc1C(F)(F)F)NCc1cccs1.I. The Balaban J connectivity index is 0.00000420. The van der Waals surface area contributed by atoms with Gasteiger partial charge in [0.05, 0.1) is 25.2 Å². The lowest BCUT2D eigenvalue weighted by Crippen LogP contribution is -2.42. The number of rotatable bonds is 6. The second kappa shape index (κ2) is 11.3. The van der Waals surface area contributed by atoms with Crippen molar-refractivity contribution in [3.63, 3.8) is 0 Å². The molecule has 0 radical (unpaired) electrons. The molecule has 160 valence electrons. The number of amides is 1. The van der Waals surface area contributed by atoms with Crippen molar-refractivity contribution in [2.24, 2.45) is 4.99 Å². The number of nitrogens with zero attached hydrogens (tertiary/aromatic N) is 2. The summed E-state index contributed by atoms with van der Waals surface area (Å²) in [6.45, 7) is -0.000921. The van der Waals surface area contributed by atoms with E-state index in [4.69, 9.17) is 0 Å². The molecule has 2 N–H and O–H groups in total. The first kappa shape index (κ1) is 25.1. The number of likely N-dealkylation sites (N-methyl/N-ethyl adjacent to an activating group) is 1. The summed E-state index contributed by atoms with van der Waals surface area (Å²) in [4.78, 5) is 18.3. The summed E-state index contributed by atoms with van der Waals surface area (Å²) in [6.07, 6.45) is -4.69. The quantitative estimate of drug-likeness (QED) is 0.252. The molecule has 0 aliphatic rings. The zero-order chi connectivity index (χ0) is 20.7. The predicted octanol–water partition coefficient (Wildman–Crippen LogP) is 3.85. The summed E-state index contributed by atoms with van der Waals surface area (Å²) in [5, 5.41) is 7.67. The molecule has 5 nitrogen and oxygen atoms in total. The lowest BCUT2D eigenvalue weighted by molar-refractivity contribution is -0.138. The molecule has 2 aromatic rings. The van der Waals surface area contributed by atoms with Crippen LogP contribution in [0.3, 0.4) is 0 Å². The van der Waals surface area contributed by atoms with Crippen LogP contribution >= 0.6 is 35.3 Å². The fourth-order valence-electron chi connectivity index (χ4n) is 2.19. The molecule has 1 heterocycles. The number of benzene rings is 1. The Morgan fingerprint density at radius 2 is 1.93 bits per heavy atom. The van der Waals surface area contributed by atoms with Gasteiger partial charge in [-0.15, -0.1) is 35.3 Å². The molecule has 0 saturated carbocycles. The predicted molar refractivity (Wildman–Crippen MR) is 116 cm³/mol. The fourth-order valence-corrected chi connectivity index (χ4v) is 2.83. The van der Waals surface area contributed by atoms with E-state index in [0.717, 1.165) is 17.0 Å². The summed E-state index contributed by atoms with van der Waals surface area (Å²) in [7, 11) is 3.18. The monoisotopic (exact) mass is 544 g/mol. The maximum atomic E-state index is 13.2. The van der Waals surface area contributed by atoms with Gasteiger partial charge >= 0.3 is 6.18 Å². The van der Waals surface area contributed by atoms with Crippen LogP contribution in [-0.2, 0) is 24.1 Å². The minimum atomic E-state index is -4.69. The van der Waals surface area contributed by atoms with Gasteiger partial charge < -0.3 is 15.5 Å². The lowest BCUT2D eigenvalue weighted by atomic mass is 10.1. The molecule has 1 amide bonds. The molecular weight excluding hydrogens is 523 g/mol. The first-order chi connectivity index (χ1) is 13.2. The number of carbonyl (C=O) groups excluding carboxylic acids is 1. The third-order valence-electron chi connectivity index (χ3n) is 3.70. The molecule has 0 atom stereocenters. The van der Waals surface area contributed by atoms with Gasteiger partial charge in [-0.3, -0.25) is 4.79 Å². The van der Waals surface area contributed by atoms with Crippen LogP contribution in [0.1, 0.15) is 16.0 Å². The minimum Gasteiger partial charge on any atom is -0.351 e. The maximum Gasteiger partial charge on any atom is 0.416 e. The van der Waals surface area contributed by atoms with Crippen LogP contribution in [0.15, 0.2) is 40.7 Å². The van der Waals surface area contributed by atoms with Crippen molar-refractivity contribution >= 4 is 47.2 Å². The van der Waals surface area contributed by atoms with E-state index in [2.05, 4.69) is 15.6 Å². The number of aliphatic imine (C=N–C) groups is 1. The fraction of sp³-hybridized carbons (Fsp3) is 0.333. The molecule has 1 aromatic heterocycles. The molecule has 29 heavy (non-hydrogen) atoms. The van der Waals surface area contributed by atoms with Crippen molar-refractivity contribution < 1.29 is 22.4 Å². The number of alkyl halides is 3. The molecule has 11 heteroatoms. The number of guanidine groups is 1. The zero-order valence-corrected chi connectivity index (χ0v) is 18.9. The number of nitrogens with one attached hydrogen (secondary N) is 2. The summed E-state index contributed by atoms with van der Waals surface area (Å²) in [5.41, 5.74) is -1.23. The second-order valence-corrected chi connectivity index (χ2v) is 7.07.